The zero-order valence-electron chi connectivity index (χ0n) is 20.4. The Morgan fingerprint density at radius 1 is 0.865 bits per heavy atom. The summed E-state index contributed by atoms with van der Waals surface area (Å²) in [6.45, 7) is 2.12. The molecule has 0 radical (unpaired) electrons. The normalized spacial score (nSPS) is 25.5. The molecule has 9 N–H and O–H groups in total. The van der Waals surface area contributed by atoms with Crippen molar-refractivity contribution in [1.29, 1.82) is 0 Å². The van der Waals surface area contributed by atoms with Crippen LogP contribution in [-0.2, 0) is 33.4 Å². The number of hydrogen-bond acceptors (Lipinski definition) is 10. The molecular weight excluding hydrogens is 500 g/mol. The fourth-order valence-corrected chi connectivity index (χ4v) is 2.93. The molecule has 17 nitrogen and oxygen atoms in total. The molecule has 0 aromatic heterocycles. The summed E-state index contributed by atoms with van der Waals surface area (Å²) >= 11 is 0. The van der Waals surface area contributed by atoms with Crippen LogP contribution in [0.4, 0.5) is 4.79 Å². The number of aliphatic hydroxyl groups excluding tert-OH is 2. The second-order valence-electron chi connectivity index (χ2n) is 8.04. The third-order valence-electron chi connectivity index (χ3n) is 4.86. The third kappa shape index (κ3) is 12.3. The highest BCUT2D eigenvalue weighted by molar-refractivity contribution is 5.93. The lowest BCUT2D eigenvalue weighted by atomic mass is 10.1. The molecule has 3 unspecified atom stereocenters. The van der Waals surface area contributed by atoms with Crippen molar-refractivity contribution >= 4 is 35.6 Å². The Kier molecular flexibility index (Phi) is 13.8. The minimum absolute atomic E-state index is 0.00127. The Morgan fingerprint density at radius 2 is 1.46 bits per heavy atom. The van der Waals surface area contributed by atoms with Gasteiger partial charge in [0, 0.05) is 13.0 Å². The second kappa shape index (κ2) is 16.3. The lowest BCUT2D eigenvalue weighted by Gasteiger charge is -2.24. The van der Waals surface area contributed by atoms with Crippen LogP contribution in [0.15, 0.2) is 0 Å². The molecule has 1 aliphatic heterocycles. The largest absolute Gasteiger partial charge is 0.481 e. The number of hydrazine groups is 1. The molecule has 0 spiro atoms. The number of carboxylic acid groups (broad SMARTS) is 1. The first-order valence-corrected chi connectivity index (χ1v) is 11.4. The Bertz CT molecular complexity index is 823. The number of nitrogens with one attached hydrogen (secondary N) is 6. The molecule has 1 heterocycles. The highest BCUT2D eigenvalue weighted by atomic mass is 16.5. The number of hydrogen-bond donors (Lipinski definition) is 9. The van der Waals surface area contributed by atoms with Crippen LogP contribution in [0.3, 0.4) is 0 Å². The van der Waals surface area contributed by atoms with Crippen molar-refractivity contribution in [2.45, 2.75) is 57.0 Å². The molecule has 1 saturated heterocycles. The summed E-state index contributed by atoms with van der Waals surface area (Å²) in [6.07, 6.45) is -3.66. The van der Waals surface area contributed by atoms with Gasteiger partial charge in [-0.15, -0.1) is 0 Å². The molecule has 0 aromatic carbocycles. The van der Waals surface area contributed by atoms with Crippen molar-refractivity contribution in [3.05, 3.63) is 0 Å². The molecule has 5 atom stereocenters. The number of ether oxygens (including phenoxy) is 2. The second-order valence-corrected chi connectivity index (χ2v) is 8.04. The van der Waals surface area contributed by atoms with Crippen LogP contribution in [0.5, 0.6) is 0 Å². The van der Waals surface area contributed by atoms with Crippen molar-refractivity contribution in [3.63, 3.8) is 0 Å². The molecule has 0 aliphatic carbocycles. The van der Waals surface area contributed by atoms with Crippen LogP contribution in [0.25, 0.3) is 0 Å². The Hall–Kier alpha value is -3.54. The molecule has 1 aliphatic rings. The van der Waals surface area contributed by atoms with E-state index in [9.17, 15) is 39.0 Å². The topological polar surface area (TPSA) is 254 Å². The van der Waals surface area contributed by atoms with Gasteiger partial charge in [-0.2, -0.15) is 0 Å². The molecular formula is C20H34N6O11. The maximum absolute atomic E-state index is 12.6. The number of urea groups is 1. The summed E-state index contributed by atoms with van der Waals surface area (Å²) in [5.74, 6) is -4.82. The highest BCUT2D eigenvalue weighted by Crippen LogP contribution is 2.00. The van der Waals surface area contributed by atoms with Gasteiger partial charge in [0.05, 0.1) is 32.0 Å². The summed E-state index contributed by atoms with van der Waals surface area (Å²) in [6, 6.07) is -5.49. The van der Waals surface area contributed by atoms with Crippen LogP contribution in [-0.4, -0.2) is 114 Å². The van der Waals surface area contributed by atoms with E-state index in [-0.39, 0.29) is 26.4 Å². The Labute approximate surface area is 212 Å². The smallest absolute Gasteiger partial charge is 0.316 e. The van der Waals surface area contributed by atoms with E-state index in [0.717, 1.165) is 0 Å². The molecule has 0 saturated carbocycles. The fraction of sp³-hybridized carbons (Fsp3) is 0.700. The van der Waals surface area contributed by atoms with E-state index in [0.29, 0.717) is 0 Å². The van der Waals surface area contributed by atoms with Gasteiger partial charge in [0.25, 0.3) is 11.8 Å². The third-order valence-corrected chi connectivity index (χ3v) is 4.86. The summed E-state index contributed by atoms with van der Waals surface area (Å²) in [4.78, 5) is 72.9. The van der Waals surface area contributed by atoms with Crippen molar-refractivity contribution in [1.82, 2.24) is 32.1 Å². The van der Waals surface area contributed by atoms with Crippen molar-refractivity contribution < 1.29 is 53.6 Å². The first-order chi connectivity index (χ1) is 17.4. The molecule has 17 heteroatoms. The summed E-state index contributed by atoms with van der Waals surface area (Å²) in [7, 11) is 0. The summed E-state index contributed by atoms with van der Waals surface area (Å²) in [5, 5.41) is 37.8. The van der Waals surface area contributed by atoms with E-state index < -0.39 is 85.4 Å². The van der Waals surface area contributed by atoms with E-state index in [1.165, 1.54) is 13.8 Å². The van der Waals surface area contributed by atoms with E-state index in [2.05, 4.69) is 21.3 Å². The first-order valence-electron chi connectivity index (χ1n) is 11.4. The molecule has 210 valence electrons. The zero-order chi connectivity index (χ0) is 28.0. The quantitative estimate of drug-likeness (QED) is 0.162. The van der Waals surface area contributed by atoms with E-state index in [1.807, 2.05) is 10.9 Å². The van der Waals surface area contributed by atoms with Crippen molar-refractivity contribution in [2.24, 2.45) is 0 Å². The number of amides is 6. The molecule has 1 rings (SSSR count). The van der Waals surface area contributed by atoms with Gasteiger partial charge in [0.2, 0.25) is 11.8 Å². The van der Waals surface area contributed by atoms with Crippen molar-refractivity contribution in [3.8, 4) is 0 Å². The minimum Gasteiger partial charge on any atom is -0.481 e. The van der Waals surface area contributed by atoms with Gasteiger partial charge in [0.1, 0.15) is 24.7 Å². The first kappa shape index (κ1) is 31.5. The lowest BCUT2D eigenvalue weighted by molar-refractivity contribution is -0.138. The number of aliphatic carboxylic acids is 1. The van der Waals surface area contributed by atoms with E-state index >= 15 is 0 Å². The summed E-state index contributed by atoms with van der Waals surface area (Å²) < 4.78 is 10.4. The van der Waals surface area contributed by atoms with Crippen molar-refractivity contribution in [2.75, 3.05) is 33.0 Å². The molecule has 6 amide bonds. The average molecular weight is 535 g/mol. The maximum atomic E-state index is 12.6. The molecule has 37 heavy (non-hydrogen) atoms. The zero-order valence-corrected chi connectivity index (χ0v) is 20.4. The van der Waals surface area contributed by atoms with Crippen LogP contribution < -0.4 is 32.1 Å². The van der Waals surface area contributed by atoms with Crippen LogP contribution in [0.1, 0.15) is 26.7 Å². The number of carbonyl (C=O) groups is 6. The number of carbonyl (C=O) groups excluding carboxylic acids is 5. The van der Waals surface area contributed by atoms with E-state index in [1.54, 1.807) is 0 Å². The highest BCUT2D eigenvalue weighted by Gasteiger charge is 2.30. The Balaban J connectivity index is 3.05. The van der Waals surface area contributed by atoms with Gasteiger partial charge in [-0.25, -0.2) is 4.79 Å². The summed E-state index contributed by atoms with van der Waals surface area (Å²) in [5.41, 5.74) is 3.97. The average Bonchev–Trinajstić information content (AvgIpc) is 2.82. The number of aliphatic hydroxyl groups is 2. The lowest BCUT2D eigenvalue weighted by Crippen LogP contribution is -2.61. The molecule has 0 bridgehead atoms. The fourth-order valence-electron chi connectivity index (χ4n) is 2.93. The van der Waals surface area contributed by atoms with Gasteiger partial charge < -0.3 is 46.1 Å². The van der Waals surface area contributed by atoms with Gasteiger partial charge >= 0.3 is 12.0 Å². The molecule has 1 fully saturated rings. The number of rotatable bonds is 5. The van der Waals surface area contributed by atoms with Crippen LogP contribution in [0.2, 0.25) is 0 Å². The van der Waals surface area contributed by atoms with Gasteiger partial charge in [0.15, 0.2) is 0 Å². The molecule has 0 aromatic rings. The SMILES string of the molecule is CC(O)C1NC(=O)N[C@@H](CCC(=O)O)C(=O)NNC(=O)[C@@H](C(C)O)NC(=O)COCCOCCNC1=O. The van der Waals surface area contributed by atoms with Crippen LogP contribution >= 0.6 is 0 Å². The Morgan fingerprint density at radius 3 is 2.08 bits per heavy atom. The van der Waals surface area contributed by atoms with Gasteiger partial charge in [-0.05, 0) is 20.3 Å². The van der Waals surface area contributed by atoms with Gasteiger partial charge in [-0.1, -0.05) is 0 Å². The predicted octanol–water partition coefficient (Wildman–Crippen LogP) is -4.56. The van der Waals surface area contributed by atoms with Crippen LogP contribution in [0, 0.1) is 0 Å². The maximum Gasteiger partial charge on any atom is 0.316 e. The van der Waals surface area contributed by atoms with Gasteiger partial charge in [-0.3, -0.25) is 34.8 Å². The predicted molar refractivity (Wildman–Crippen MR) is 122 cm³/mol. The monoisotopic (exact) mass is 534 g/mol. The minimum atomic E-state index is -1.50. The van der Waals surface area contributed by atoms with E-state index in [4.69, 9.17) is 14.6 Å². The standard InChI is InChI=1S/C20H34N6O11/c1-10(27)15-18(33)21-5-6-36-7-8-37-9-13(29)23-16(11(2)28)19(34)26-25-17(32)12(3-4-14(30)31)22-20(35)24-15/h10-12,15-16,27-28H,3-9H2,1-2H3,(H,21,33)(H,23,29)(H,25,32)(H,26,34)(H,30,31)(H2,22,24,35)/t10?,11?,12-,15?,16+/m0/s1. The number of carboxylic acids is 1.